The lowest BCUT2D eigenvalue weighted by Gasteiger charge is -2.08. The Morgan fingerprint density at radius 2 is 2.00 bits per heavy atom. The van der Waals surface area contributed by atoms with E-state index in [0.717, 1.165) is 24.3 Å². The summed E-state index contributed by atoms with van der Waals surface area (Å²) in [6.45, 7) is 4.78. The van der Waals surface area contributed by atoms with Gasteiger partial charge in [-0.15, -0.1) is 0 Å². The van der Waals surface area contributed by atoms with Gasteiger partial charge < -0.3 is 4.74 Å². The second-order valence-electron chi connectivity index (χ2n) is 3.82. The SMILES string of the molecule is CCCCCCOc1ccc(F)cc1C. The second kappa shape index (κ2) is 6.44. The Kier molecular flexibility index (Phi) is 5.16. The highest BCUT2D eigenvalue weighted by molar-refractivity contribution is 5.32. The summed E-state index contributed by atoms with van der Waals surface area (Å²) in [5.41, 5.74) is 0.866. The molecule has 0 saturated carbocycles. The van der Waals surface area contributed by atoms with Gasteiger partial charge in [0.15, 0.2) is 0 Å². The summed E-state index contributed by atoms with van der Waals surface area (Å²) >= 11 is 0. The van der Waals surface area contributed by atoms with Crippen LogP contribution in [-0.2, 0) is 0 Å². The number of aryl methyl sites for hydroxylation is 1. The number of benzene rings is 1. The van der Waals surface area contributed by atoms with Crippen molar-refractivity contribution in [3.8, 4) is 5.75 Å². The van der Waals surface area contributed by atoms with Crippen LogP contribution < -0.4 is 4.74 Å². The van der Waals surface area contributed by atoms with Gasteiger partial charge in [-0.2, -0.15) is 0 Å². The number of hydrogen-bond acceptors (Lipinski definition) is 1. The van der Waals surface area contributed by atoms with Gasteiger partial charge in [0, 0.05) is 0 Å². The fourth-order valence-electron chi connectivity index (χ4n) is 1.49. The minimum Gasteiger partial charge on any atom is -0.493 e. The smallest absolute Gasteiger partial charge is 0.123 e. The molecule has 0 amide bonds. The third kappa shape index (κ3) is 4.32. The molecule has 0 aliphatic carbocycles. The number of rotatable bonds is 6. The first-order chi connectivity index (χ1) is 7.24. The Morgan fingerprint density at radius 1 is 1.20 bits per heavy atom. The molecule has 0 aliphatic rings. The van der Waals surface area contributed by atoms with E-state index in [1.807, 2.05) is 6.92 Å². The van der Waals surface area contributed by atoms with E-state index in [-0.39, 0.29) is 5.82 Å². The van der Waals surface area contributed by atoms with E-state index in [0.29, 0.717) is 0 Å². The minimum absolute atomic E-state index is 0.203. The van der Waals surface area contributed by atoms with Gasteiger partial charge in [-0.25, -0.2) is 4.39 Å². The number of unbranched alkanes of at least 4 members (excludes halogenated alkanes) is 3. The van der Waals surface area contributed by atoms with Gasteiger partial charge in [-0.3, -0.25) is 0 Å². The van der Waals surface area contributed by atoms with Crippen LogP contribution in [0.2, 0.25) is 0 Å². The zero-order valence-corrected chi connectivity index (χ0v) is 9.55. The van der Waals surface area contributed by atoms with Crippen LogP contribution in [0.3, 0.4) is 0 Å². The fraction of sp³-hybridized carbons (Fsp3) is 0.538. The summed E-state index contributed by atoms with van der Waals surface area (Å²) in [6.07, 6.45) is 4.77. The van der Waals surface area contributed by atoms with Crippen molar-refractivity contribution >= 4 is 0 Å². The Labute approximate surface area is 91.3 Å². The van der Waals surface area contributed by atoms with E-state index in [1.165, 1.54) is 31.4 Å². The molecule has 0 unspecified atom stereocenters. The van der Waals surface area contributed by atoms with Gasteiger partial charge in [0.05, 0.1) is 6.61 Å². The quantitative estimate of drug-likeness (QED) is 0.642. The lowest BCUT2D eigenvalue weighted by atomic mass is 10.2. The molecule has 0 saturated heterocycles. The topological polar surface area (TPSA) is 9.23 Å². The fourth-order valence-corrected chi connectivity index (χ4v) is 1.49. The van der Waals surface area contributed by atoms with E-state index >= 15 is 0 Å². The summed E-state index contributed by atoms with van der Waals surface area (Å²) in [5.74, 6) is 0.596. The van der Waals surface area contributed by atoms with Crippen LogP contribution in [0.5, 0.6) is 5.75 Å². The van der Waals surface area contributed by atoms with E-state index in [4.69, 9.17) is 4.74 Å². The molecule has 0 atom stereocenters. The average molecular weight is 210 g/mol. The van der Waals surface area contributed by atoms with Crippen molar-refractivity contribution in [3.63, 3.8) is 0 Å². The Balaban J connectivity index is 2.31. The van der Waals surface area contributed by atoms with Gasteiger partial charge in [0.1, 0.15) is 11.6 Å². The third-order valence-corrected chi connectivity index (χ3v) is 2.39. The molecule has 1 aromatic carbocycles. The first-order valence-electron chi connectivity index (χ1n) is 5.63. The van der Waals surface area contributed by atoms with Crippen molar-refractivity contribution in [3.05, 3.63) is 29.6 Å². The molecule has 1 nitrogen and oxygen atoms in total. The van der Waals surface area contributed by atoms with Gasteiger partial charge >= 0.3 is 0 Å². The largest absolute Gasteiger partial charge is 0.493 e. The van der Waals surface area contributed by atoms with Gasteiger partial charge in [0.2, 0.25) is 0 Å². The van der Waals surface area contributed by atoms with Crippen LogP contribution in [0, 0.1) is 12.7 Å². The first kappa shape index (κ1) is 12.0. The predicted molar refractivity (Wildman–Crippen MR) is 60.8 cm³/mol. The van der Waals surface area contributed by atoms with Crippen molar-refractivity contribution in [2.75, 3.05) is 6.61 Å². The van der Waals surface area contributed by atoms with Crippen LogP contribution in [0.4, 0.5) is 4.39 Å². The molecular formula is C13H19FO. The molecule has 0 aliphatic heterocycles. The maximum atomic E-state index is 12.8. The normalized spacial score (nSPS) is 10.3. The highest BCUT2D eigenvalue weighted by Gasteiger charge is 2.00. The minimum atomic E-state index is -0.203. The van der Waals surface area contributed by atoms with Crippen molar-refractivity contribution in [2.45, 2.75) is 39.5 Å². The lowest BCUT2D eigenvalue weighted by Crippen LogP contribution is -1.99. The molecule has 1 aromatic rings. The monoisotopic (exact) mass is 210 g/mol. The standard InChI is InChI=1S/C13H19FO/c1-3-4-5-6-9-15-13-8-7-12(14)10-11(13)2/h7-8,10H,3-6,9H2,1-2H3. The van der Waals surface area contributed by atoms with Crippen LogP contribution in [0.1, 0.15) is 38.2 Å². The molecule has 84 valence electrons. The van der Waals surface area contributed by atoms with Crippen LogP contribution >= 0.6 is 0 Å². The van der Waals surface area contributed by atoms with Crippen LogP contribution in [-0.4, -0.2) is 6.61 Å². The Bertz CT molecular complexity index is 297. The van der Waals surface area contributed by atoms with E-state index in [1.54, 1.807) is 6.07 Å². The number of hydrogen-bond donors (Lipinski definition) is 0. The van der Waals surface area contributed by atoms with Gasteiger partial charge in [-0.1, -0.05) is 26.2 Å². The van der Waals surface area contributed by atoms with Crippen molar-refractivity contribution in [2.24, 2.45) is 0 Å². The summed E-state index contributed by atoms with van der Waals surface area (Å²) in [5, 5.41) is 0. The molecule has 0 fully saturated rings. The molecule has 0 N–H and O–H groups in total. The maximum absolute atomic E-state index is 12.8. The molecule has 0 heterocycles. The number of ether oxygens (including phenoxy) is 1. The van der Waals surface area contributed by atoms with Crippen molar-refractivity contribution < 1.29 is 9.13 Å². The molecule has 0 bridgehead atoms. The average Bonchev–Trinajstić information content (AvgIpc) is 2.20. The molecule has 0 radical (unpaired) electrons. The van der Waals surface area contributed by atoms with E-state index in [9.17, 15) is 4.39 Å². The zero-order chi connectivity index (χ0) is 11.1. The Morgan fingerprint density at radius 3 is 2.67 bits per heavy atom. The zero-order valence-electron chi connectivity index (χ0n) is 9.55. The van der Waals surface area contributed by atoms with Gasteiger partial charge in [0.25, 0.3) is 0 Å². The lowest BCUT2D eigenvalue weighted by molar-refractivity contribution is 0.302. The van der Waals surface area contributed by atoms with Gasteiger partial charge in [-0.05, 0) is 37.1 Å². The molecule has 0 aromatic heterocycles. The van der Waals surface area contributed by atoms with E-state index in [2.05, 4.69) is 6.92 Å². The molecule has 15 heavy (non-hydrogen) atoms. The van der Waals surface area contributed by atoms with Crippen LogP contribution in [0.15, 0.2) is 18.2 Å². The summed E-state index contributed by atoms with van der Waals surface area (Å²) < 4.78 is 18.4. The molecule has 1 rings (SSSR count). The molecular weight excluding hydrogens is 191 g/mol. The highest BCUT2D eigenvalue weighted by atomic mass is 19.1. The van der Waals surface area contributed by atoms with E-state index < -0.39 is 0 Å². The van der Waals surface area contributed by atoms with Crippen molar-refractivity contribution in [1.29, 1.82) is 0 Å². The summed E-state index contributed by atoms with van der Waals surface area (Å²) in [4.78, 5) is 0. The summed E-state index contributed by atoms with van der Waals surface area (Å²) in [7, 11) is 0. The maximum Gasteiger partial charge on any atom is 0.123 e. The molecule has 0 spiro atoms. The second-order valence-corrected chi connectivity index (χ2v) is 3.82. The third-order valence-electron chi connectivity index (χ3n) is 2.39. The predicted octanol–water partition coefficient (Wildman–Crippen LogP) is 4.09. The highest BCUT2D eigenvalue weighted by Crippen LogP contribution is 2.18. The molecule has 2 heteroatoms. The van der Waals surface area contributed by atoms with Crippen molar-refractivity contribution in [1.82, 2.24) is 0 Å². The van der Waals surface area contributed by atoms with Crippen LogP contribution in [0.25, 0.3) is 0 Å². The number of halogens is 1. The first-order valence-corrected chi connectivity index (χ1v) is 5.63. The Hall–Kier alpha value is -1.05. The summed E-state index contributed by atoms with van der Waals surface area (Å²) in [6, 6.07) is 4.64.